The molecule has 0 atom stereocenters. The van der Waals surface area contributed by atoms with Gasteiger partial charge in [0.05, 0.1) is 6.61 Å². The second-order valence-electron chi connectivity index (χ2n) is 1.51. The predicted molar refractivity (Wildman–Crippen MR) is 24.5 cm³/mol. The molecule has 0 bridgehead atoms. The molecule has 1 heterocycles. The van der Waals surface area contributed by atoms with Crippen LogP contribution in [0.3, 0.4) is 0 Å². The Hall–Kier alpha value is -0.840. The molecular formula is C3H6N2O3. The molecule has 5 heteroatoms. The third-order valence-corrected chi connectivity index (χ3v) is 0.965. The topological polar surface area (TPSA) is 55.6 Å². The Bertz CT molecular complexity index is 98.7. The maximum absolute atomic E-state index is 9.85. The summed E-state index contributed by atoms with van der Waals surface area (Å²) in [6.45, 7) is 1.01. The molecule has 8 heavy (non-hydrogen) atoms. The summed E-state index contributed by atoms with van der Waals surface area (Å²) in [4.78, 5) is 9.85. The van der Waals surface area contributed by atoms with Crippen LogP contribution in [0.15, 0.2) is 0 Å². The first-order valence-electron chi connectivity index (χ1n) is 2.27. The van der Waals surface area contributed by atoms with Gasteiger partial charge in [0.1, 0.15) is 6.54 Å². The molecule has 0 spiro atoms. The van der Waals surface area contributed by atoms with Crippen LogP contribution in [0.2, 0.25) is 0 Å². The predicted octanol–water partition coefficient (Wildman–Crippen LogP) is -0.532. The van der Waals surface area contributed by atoms with Gasteiger partial charge in [-0.3, -0.25) is 0 Å². The van der Waals surface area contributed by atoms with E-state index < -0.39 is 5.03 Å². The summed E-state index contributed by atoms with van der Waals surface area (Å²) in [5, 5.41) is 10.4. The molecule has 0 aromatic carbocycles. The lowest BCUT2D eigenvalue weighted by Crippen LogP contribution is -2.26. The molecular weight excluding hydrogens is 112 g/mol. The van der Waals surface area contributed by atoms with E-state index in [9.17, 15) is 10.1 Å². The summed E-state index contributed by atoms with van der Waals surface area (Å²) in [5.41, 5.74) is 0. The lowest BCUT2D eigenvalue weighted by Gasteiger charge is -1.99. The molecule has 0 aliphatic carbocycles. The molecule has 0 amide bonds. The Morgan fingerprint density at radius 1 is 1.75 bits per heavy atom. The first-order valence-corrected chi connectivity index (χ1v) is 2.27. The van der Waals surface area contributed by atoms with E-state index in [0.29, 0.717) is 13.2 Å². The Balaban J connectivity index is 2.35. The fourth-order valence-electron chi connectivity index (χ4n) is 0.533. The number of rotatable bonds is 1. The van der Waals surface area contributed by atoms with Gasteiger partial charge in [-0.05, 0) is 0 Å². The van der Waals surface area contributed by atoms with Crippen molar-refractivity contribution in [2.24, 2.45) is 0 Å². The van der Waals surface area contributed by atoms with E-state index in [1.807, 2.05) is 0 Å². The van der Waals surface area contributed by atoms with Crippen molar-refractivity contribution in [3.8, 4) is 0 Å². The normalized spacial score (nSPS) is 19.2. The zero-order chi connectivity index (χ0) is 5.98. The van der Waals surface area contributed by atoms with Crippen LogP contribution in [0.4, 0.5) is 0 Å². The SMILES string of the molecule is O=[N+]([O-])N1CCOC1. The van der Waals surface area contributed by atoms with Gasteiger partial charge in [0, 0.05) is 0 Å². The van der Waals surface area contributed by atoms with Crippen molar-refractivity contribution in [1.29, 1.82) is 0 Å². The van der Waals surface area contributed by atoms with Gasteiger partial charge in [0.25, 0.3) is 0 Å². The van der Waals surface area contributed by atoms with Crippen LogP contribution in [-0.2, 0) is 4.74 Å². The van der Waals surface area contributed by atoms with Gasteiger partial charge < -0.3 is 4.74 Å². The highest BCUT2D eigenvalue weighted by Gasteiger charge is 2.19. The molecule has 1 aliphatic heterocycles. The summed E-state index contributed by atoms with van der Waals surface area (Å²) < 4.78 is 4.70. The number of nitrogens with zero attached hydrogens (tertiary/aromatic N) is 2. The van der Waals surface area contributed by atoms with Gasteiger partial charge in [-0.15, -0.1) is 5.01 Å². The molecule has 0 unspecified atom stereocenters. The Kier molecular flexibility index (Phi) is 1.29. The maximum atomic E-state index is 9.85. The molecule has 1 fully saturated rings. The zero-order valence-corrected chi connectivity index (χ0v) is 4.24. The van der Waals surface area contributed by atoms with Crippen molar-refractivity contribution in [2.75, 3.05) is 19.9 Å². The first-order chi connectivity index (χ1) is 3.80. The minimum absolute atomic E-state index is 0.132. The fraction of sp³-hybridized carbons (Fsp3) is 1.00. The van der Waals surface area contributed by atoms with Crippen molar-refractivity contribution < 1.29 is 9.77 Å². The molecule has 5 nitrogen and oxygen atoms in total. The van der Waals surface area contributed by atoms with Crippen LogP contribution >= 0.6 is 0 Å². The second kappa shape index (κ2) is 1.95. The average molecular weight is 118 g/mol. The van der Waals surface area contributed by atoms with E-state index in [4.69, 9.17) is 4.74 Å². The fourth-order valence-corrected chi connectivity index (χ4v) is 0.533. The van der Waals surface area contributed by atoms with Gasteiger partial charge in [0.2, 0.25) is 0 Å². The van der Waals surface area contributed by atoms with Gasteiger partial charge in [0.15, 0.2) is 11.8 Å². The lowest BCUT2D eigenvalue weighted by molar-refractivity contribution is -0.654. The number of hydrogen-bond donors (Lipinski definition) is 0. The standard InChI is InChI=1S/C3H6N2O3/c6-5(7)4-1-2-8-3-4/h1-3H2. The number of nitro groups is 1. The summed E-state index contributed by atoms with van der Waals surface area (Å²) in [6, 6.07) is 0. The van der Waals surface area contributed by atoms with Crippen LogP contribution in [-0.4, -0.2) is 29.9 Å². The van der Waals surface area contributed by atoms with E-state index in [0.717, 1.165) is 5.01 Å². The molecule has 46 valence electrons. The van der Waals surface area contributed by atoms with Crippen LogP contribution in [0, 0.1) is 10.1 Å². The maximum Gasteiger partial charge on any atom is 0.176 e. The number of hydrazine groups is 1. The monoisotopic (exact) mass is 118 g/mol. The van der Waals surface area contributed by atoms with E-state index in [1.54, 1.807) is 0 Å². The molecule has 0 radical (unpaired) electrons. The smallest absolute Gasteiger partial charge is 0.176 e. The number of hydrogen-bond acceptors (Lipinski definition) is 3. The third-order valence-electron chi connectivity index (χ3n) is 0.965. The van der Waals surface area contributed by atoms with Crippen molar-refractivity contribution in [3.05, 3.63) is 10.1 Å². The Labute approximate surface area is 46.0 Å². The molecule has 0 saturated carbocycles. The lowest BCUT2D eigenvalue weighted by atomic mass is 10.7. The minimum Gasteiger partial charge on any atom is -0.353 e. The quantitative estimate of drug-likeness (QED) is 0.343. The van der Waals surface area contributed by atoms with Gasteiger partial charge in [-0.25, -0.2) is 10.1 Å². The largest absolute Gasteiger partial charge is 0.353 e. The van der Waals surface area contributed by atoms with Gasteiger partial charge >= 0.3 is 0 Å². The Morgan fingerprint density at radius 3 is 2.75 bits per heavy atom. The summed E-state index contributed by atoms with van der Waals surface area (Å²) in [5.74, 6) is 0. The molecule has 1 aliphatic rings. The van der Waals surface area contributed by atoms with E-state index in [-0.39, 0.29) is 6.73 Å². The highest BCUT2D eigenvalue weighted by Crippen LogP contribution is 1.96. The molecule has 1 saturated heterocycles. The summed E-state index contributed by atoms with van der Waals surface area (Å²) >= 11 is 0. The molecule has 0 aromatic heterocycles. The van der Waals surface area contributed by atoms with Crippen molar-refractivity contribution in [1.82, 2.24) is 5.01 Å². The summed E-state index contributed by atoms with van der Waals surface area (Å²) in [7, 11) is 0. The van der Waals surface area contributed by atoms with Crippen LogP contribution in [0.25, 0.3) is 0 Å². The van der Waals surface area contributed by atoms with E-state index >= 15 is 0 Å². The third kappa shape index (κ3) is 0.865. The minimum atomic E-state index is -0.451. The first kappa shape index (κ1) is 5.30. The van der Waals surface area contributed by atoms with Crippen LogP contribution in [0.1, 0.15) is 0 Å². The van der Waals surface area contributed by atoms with Gasteiger partial charge in [-0.1, -0.05) is 0 Å². The van der Waals surface area contributed by atoms with E-state index in [2.05, 4.69) is 0 Å². The van der Waals surface area contributed by atoms with Crippen LogP contribution in [0.5, 0.6) is 0 Å². The number of ether oxygens (including phenoxy) is 1. The second-order valence-corrected chi connectivity index (χ2v) is 1.51. The summed E-state index contributed by atoms with van der Waals surface area (Å²) in [6.07, 6.45) is 0. The van der Waals surface area contributed by atoms with Crippen molar-refractivity contribution in [3.63, 3.8) is 0 Å². The van der Waals surface area contributed by atoms with E-state index in [1.165, 1.54) is 0 Å². The van der Waals surface area contributed by atoms with Crippen molar-refractivity contribution >= 4 is 0 Å². The highest BCUT2D eigenvalue weighted by atomic mass is 16.7. The zero-order valence-electron chi connectivity index (χ0n) is 4.24. The molecule has 0 aromatic rings. The van der Waals surface area contributed by atoms with Crippen molar-refractivity contribution in [2.45, 2.75) is 0 Å². The Morgan fingerprint density at radius 2 is 2.50 bits per heavy atom. The van der Waals surface area contributed by atoms with Gasteiger partial charge in [-0.2, -0.15) is 0 Å². The highest BCUT2D eigenvalue weighted by molar-refractivity contribution is 4.44. The molecule has 0 N–H and O–H groups in total. The average Bonchev–Trinajstić information content (AvgIpc) is 2.12. The van der Waals surface area contributed by atoms with Crippen LogP contribution < -0.4 is 0 Å². The molecule has 1 rings (SSSR count).